The molecule has 0 aromatic heterocycles. The van der Waals surface area contributed by atoms with Crippen molar-refractivity contribution in [3.8, 4) is 5.75 Å². The van der Waals surface area contributed by atoms with Crippen molar-refractivity contribution >= 4 is 41.5 Å². The normalized spacial score (nSPS) is 15.7. The first kappa shape index (κ1) is 19.4. The third-order valence-corrected chi connectivity index (χ3v) is 3.58. The molecule has 6 heteroatoms. The van der Waals surface area contributed by atoms with E-state index in [1.54, 1.807) is 0 Å². The number of benzene rings is 1. The highest BCUT2D eigenvalue weighted by Crippen LogP contribution is 2.27. The number of nitrogens with one attached hydrogen (secondary N) is 2. The first-order valence-corrected chi connectivity index (χ1v) is 8.00. The summed E-state index contributed by atoms with van der Waals surface area (Å²) in [6, 6.07) is 7.51. The maximum Gasteiger partial charge on any atom is 0.191 e. The van der Waals surface area contributed by atoms with Gasteiger partial charge in [-0.3, -0.25) is 0 Å². The predicted molar refractivity (Wildman–Crippen MR) is 104 cm³/mol. The van der Waals surface area contributed by atoms with Crippen molar-refractivity contribution in [2.75, 3.05) is 19.6 Å². The molecule has 1 fully saturated rings. The molecule has 0 aliphatic heterocycles. The molecule has 22 heavy (non-hydrogen) atoms. The summed E-state index contributed by atoms with van der Waals surface area (Å²) >= 11 is 6.09. The molecule has 0 saturated heterocycles. The molecule has 0 spiro atoms. The SMILES string of the molecule is CCNC(=NCC(C)Oc1ccccc1Cl)NCC1CC1.I. The van der Waals surface area contributed by atoms with Crippen LogP contribution in [0.3, 0.4) is 0 Å². The van der Waals surface area contributed by atoms with Crippen molar-refractivity contribution in [2.45, 2.75) is 32.8 Å². The highest BCUT2D eigenvalue weighted by atomic mass is 127. The molecule has 1 aliphatic carbocycles. The van der Waals surface area contributed by atoms with E-state index in [2.05, 4.69) is 22.5 Å². The van der Waals surface area contributed by atoms with Crippen LogP contribution < -0.4 is 15.4 Å². The van der Waals surface area contributed by atoms with E-state index in [0.29, 0.717) is 17.3 Å². The zero-order chi connectivity index (χ0) is 15.1. The number of rotatable bonds is 7. The molecule has 1 saturated carbocycles. The lowest BCUT2D eigenvalue weighted by Crippen LogP contribution is -2.39. The monoisotopic (exact) mass is 437 g/mol. The van der Waals surface area contributed by atoms with Gasteiger partial charge in [0.1, 0.15) is 11.9 Å². The number of halogens is 2. The molecular weight excluding hydrogens is 413 g/mol. The third kappa shape index (κ3) is 7.05. The van der Waals surface area contributed by atoms with Gasteiger partial charge in [0.25, 0.3) is 0 Å². The summed E-state index contributed by atoms with van der Waals surface area (Å²) in [5.41, 5.74) is 0. The zero-order valence-corrected chi connectivity index (χ0v) is 16.2. The van der Waals surface area contributed by atoms with Crippen LogP contribution in [0.1, 0.15) is 26.7 Å². The summed E-state index contributed by atoms with van der Waals surface area (Å²) < 4.78 is 5.82. The van der Waals surface area contributed by atoms with Gasteiger partial charge in [0.05, 0.1) is 11.6 Å². The number of guanidine groups is 1. The summed E-state index contributed by atoms with van der Waals surface area (Å²) in [5.74, 6) is 2.39. The molecule has 0 amide bonds. The Morgan fingerprint density at radius 2 is 2.09 bits per heavy atom. The van der Waals surface area contributed by atoms with E-state index in [-0.39, 0.29) is 30.1 Å². The zero-order valence-electron chi connectivity index (χ0n) is 13.1. The maximum absolute atomic E-state index is 6.09. The van der Waals surface area contributed by atoms with Crippen LogP contribution in [0, 0.1) is 5.92 Å². The topological polar surface area (TPSA) is 45.7 Å². The van der Waals surface area contributed by atoms with Crippen LogP contribution in [0.25, 0.3) is 0 Å². The Balaban J connectivity index is 0.00000242. The third-order valence-electron chi connectivity index (χ3n) is 3.27. The average Bonchev–Trinajstić information content (AvgIpc) is 3.29. The van der Waals surface area contributed by atoms with Gasteiger partial charge in [0.2, 0.25) is 0 Å². The fourth-order valence-electron chi connectivity index (χ4n) is 1.92. The molecule has 1 atom stereocenters. The van der Waals surface area contributed by atoms with Crippen molar-refractivity contribution < 1.29 is 4.74 Å². The van der Waals surface area contributed by atoms with Crippen LogP contribution >= 0.6 is 35.6 Å². The van der Waals surface area contributed by atoms with Crippen LogP contribution in [-0.2, 0) is 0 Å². The second kappa shape index (κ2) is 10.2. The molecule has 2 rings (SSSR count). The molecule has 0 heterocycles. The Morgan fingerprint density at radius 3 is 2.73 bits per heavy atom. The minimum absolute atomic E-state index is 0. The molecule has 1 aromatic rings. The Hall–Kier alpha value is -0.690. The fourth-order valence-corrected chi connectivity index (χ4v) is 2.10. The highest BCUT2D eigenvalue weighted by molar-refractivity contribution is 14.0. The van der Waals surface area contributed by atoms with Crippen molar-refractivity contribution in [3.63, 3.8) is 0 Å². The first-order chi connectivity index (χ1) is 10.2. The van der Waals surface area contributed by atoms with Crippen LogP contribution in [-0.4, -0.2) is 31.7 Å². The molecule has 4 nitrogen and oxygen atoms in total. The Morgan fingerprint density at radius 1 is 1.36 bits per heavy atom. The number of para-hydroxylation sites is 1. The molecule has 0 radical (unpaired) electrons. The van der Waals surface area contributed by atoms with Crippen LogP contribution in [0.15, 0.2) is 29.3 Å². The summed E-state index contributed by atoms with van der Waals surface area (Å²) in [5, 5.41) is 7.26. The van der Waals surface area contributed by atoms with Crippen LogP contribution in [0.4, 0.5) is 0 Å². The molecule has 0 bridgehead atoms. The Kier molecular flexibility index (Phi) is 8.93. The molecule has 124 valence electrons. The van der Waals surface area contributed by atoms with Crippen LogP contribution in [0.5, 0.6) is 5.75 Å². The quantitative estimate of drug-likeness (QED) is 0.388. The maximum atomic E-state index is 6.09. The van der Waals surface area contributed by atoms with E-state index in [9.17, 15) is 0 Å². The minimum atomic E-state index is -0.0266. The summed E-state index contributed by atoms with van der Waals surface area (Å²) in [6.45, 7) is 6.52. The van der Waals surface area contributed by atoms with Gasteiger partial charge in [0.15, 0.2) is 5.96 Å². The Labute approximate surface area is 155 Å². The van der Waals surface area contributed by atoms with Crippen LogP contribution in [0.2, 0.25) is 5.02 Å². The van der Waals surface area contributed by atoms with E-state index < -0.39 is 0 Å². The molecule has 1 aliphatic rings. The summed E-state index contributed by atoms with van der Waals surface area (Å²) in [7, 11) is 0. The van der Waals surface area contributed by atoms with Crippen molar-refractivity contribution in [3.05, 3.63) is 29.3 Å². The lowest BCUT2D eigenvalue weighted by atomic mass is 10.3. The minimum Gasteiger partial charge on any atom is -0.487 e. The lowest BCUT2D eigenvalue weighted by Gasteiger charge is -2.15. The van der Waals surface area contributed by atoms with E-state index in [0.717, 1.165) is 25.0 Å². The number of ether oxygens (including phenoxy) is 1. The standard InChI is InChI=1S/C16H24ClN3O.HI/c1-3-18-16(20-11-13-8-9-13)19-10-12(2)21-15-7-5-4-6-14(15)17;/h4-7,12-13H,3,8-11H2,1-2H3,(H2,18,19,20);1H. The second-order valence-corrected chi connectivity index (χ2v) is 5.81. The van der Waals surface area contributed by atoms with Crippen molar-refractivity contribution in [2.24, 2.45) is 10.9 Å². The molecule has 2 N–H and O–H groups in total. The largest absolute Gasteiger partial charge is 0.487 e. The van der Waals surface area contributed by atoms with Gasteiger partial charge < -0.3 is 15.4 Å². The molecule has 1 unspecified atom stereocenters. The van der Waals surface area contributed by atoms with Gasteiger partial charge in [-0.1, -0.05) is 23.7 Å². The number of aliphatic imine (C=N–C) groups is 1. The Bertz CT molecular complexity index is 480. The predicted octanol–water partition coefficient (Wildman–Crippen LogP) is 3.69. The fraction of sp³-hybridized carbons (Fsp3) is 0.562. The van der Waals surface area contributed by atoms with E-state index in [4.69, 9.17) is 16.3 Å². The average molecular weight is 438 g/mol. The summed E-state index contributed by atoms with van der Waals surface area (Å²) in [4.78, 5) is 4.57. The lowest BCUT2D eigenvalue weighted by molar-refractivity contribution is 0.230. The smallest absolute Gasteiger partial charge is 0.191 e. The van der Waals surface area contributed by atoms with Crippen molar-refractivity contribution in [1.82, 2.24) is 10.6 Å². The molecular formula is C16H25ClIN3O. The highest BCUT2D eigenvalue weighted by Gasteiger charge is 2.21. The second-order valence-electron chi connectivity index (χ2n) is 5.40. The molecule has 1 aromatic carbocycles. The van der Waals surface area contributed by atoms with E-state index >= 15 is 0 Å². The first-order valence-electron chi connectivity index (χ1n) is 7.62. The van der Waals surface area contributed by atoms with Gasteiger partial charge in [0, 0.05) is 13.1 Å². The number of nitrogens with zero attached hydrogens (tertiary/aromatic N) is 1. The van der Waals surface area contributed by atoms with Gasteiger partial charge in [-0.05, 0) is 44.7 Å². The van der Waals surface area contributed by atoms with E-state index in [1.165, 1.54) is 12.8 Å². The summed E-state index contributed by atoms with van der Waals surface area (Å²) in [6.07, 6.45) is 2.64. The van der Waals surface area contributed by atoms with Gasteiger partial charge in [-0.25, -0.2) is 4.99 Å². The van der Waals surface area contributed by atoms with E-state index in [1.807, 2.05) is 31.2 Å². The van der Waals surface area contributed by atoms with Gasteiger partial charge >= 0.3 is 0 Å². The number of hydrogen-bond acceptors (Lipinski definition) is 2. The van der Waals surface area contributed by atoms with Gasteiger partial charge in [-0.15, -0.1) is 24.0 Å². The number of hydrogen-bond donors (Lipinski definition) is 2. The van der Waals surface area contributed by atoms with Crippen molar-refractivity contribution in [1.29, 1.82) is 0 Å². The van der Waals surface area contributed by atoms with Gasteiger partial charge in [-0.2, -0.15) is 0 Å².